The number of nitrogens with zero attached hydrogens (tertiary/aromatic N) is 3. The van der Waals surface area contributed by atoms with Crippen molar-refractivity contribution in [2.24, 2.45) is 0 Å². The van der Waals surface area contributed by atoms with Crippen molar-refractivity contribution in [3.05, 3.63) is 60.2 Å². The molecule has 0 amide bonds. The predicted molar refractivity (Wildman–Crippen MR) is 119 cm³/mol. The first kappa shape index (κ1) is 18.5. The smallest absolute Gasteiger partial charge is 0.173 e. The van der Waals surface area contributed by atoms with E-state index in [-0.39, 0.29) is 0 Å². The number of anilines is 2. The summed E-state index contributed by atoms with van der Waals surface area (Å²) in [5, 5.41) is 5.23. The van der Waals surface area contributed by atoms with Crippen molar-refractivity contribution >= 4 is 39.7 Å². The second-order valence-corrected chi connectivity index (χ2v) is 7.31. The number of piperazine rings is 1. The van der Waals surface area contributed by atoms with Gasteiger partial charge in [-0.3, -0.25) is 0 Å². The van der Waals surface area contributed by atoms with Gasteiger partial charge in [0.25, 0.3) is 0 Å². The minimum Gasteiger partial charge on any atom is -0.494 e. The predicted octanol–water partition coefficient (Wildman–Crippen LogP) is 4.07. The van der Waals surface area contributed by atoms with E-state index < -0.39 is 0 Å². The third kappa shape index (κ3) is 3.73. The number of thiocarbonyl (C=S) groups is 1. The molecule has 0 spiro atoms. The summed E-state index contributed by atoms with van der Waals surface area (Å²) in [5.41, 5.74) is 3.15. The van der Waals surface area contributed by atoms with Crippen molar-refractivity contribution < 1.29 is 4.74 Å². The monoisotopic (exact) mass is 392 g/mol. The molecular weight excluding hydrogens is 368 g/mol. The summed E-state index contributed by atoms with van der Waals surface area (Å²) in [6.45, 7) is 5.61. The van der Waals surface area contributed by atoms with E-state index in [2.05, 4.69) is 34.2 Å². The SMILES string of the molecule is COc1cccc2c(C)cc(N3CCN(C(=S)Nc4ccccc4)CC3)nc12. The molecule has 1 aliphatic heterocycles. The summed E-state index contributed by atoms with van der Waals surface area (Å²) in [4.78, 5) is 9.44. The molecule has 144 valence electrons. The Morgan fingerprint density at radius 1 is 1.04 bits per heavy atom. The van der Waals surface area contributed by atoms with Gasteiger partial charge in [0, 0.05) is 37.3 Å². The van der Waals surface area contributed by atoms with Crippen molar-refractivity contribution in [1.29, 1.82) is 0 Å². The average Bonchev–Trinajstić information content (AvgIpc) is 2.74. The lowest BCUT2D eigenvalue weighted by atomic mass is 10.1. The number of aromatic nitrogens is 1. The number of aryl methyl sites for hydroxylation is 1. The first-order valence-electron chi connectivity index (χ1n) is 9.46. The van der Waals surface area contributed by atoms with E-state index in [0.717, 1.165) is 59.4 Å². The van der Waals surface area contributed by atoms with Crippen LogP contribution in [0.2, 0.25) is 0 Å². The molecule has 0 saturated carbocycles. The number of fused-ring (bicyclic) bond motifs is 1. The molecule has 1 fully saturated rings. The van der Waals surface area contributed by atoms with E-state index in [9.17, 15) is 0 Å². The van der Waals surface area contributed by atoms with Gasteiger partial charge in [0.05, 0.1) is 7.11 Å². The van der Waals surface area contributed by atoms with Crippen LogP contribution in [0.1, 0.15) is 5.56 Å². The number of pyridine rings is 1. The molecule has 1 N–H and O–H groups in total. The van der Waals surface area contributed by atoms with Crippen LogP contribution in [0.3, 0.4) is 0 Å². The molecule has 1 aliphatic rings. The van der Waals surface area contributed by atoms with Crippen molar-refractivity contribution in [1.82, 2.24) is 9.88 Å². The highest BCUT2D eigenvalue weighted by atomic mass is 32.1. The van der Waals surface area contributed by atoms with E-state index in [1.165, 1.54) is 5.56 Å². The van der Waals surface area contributed by atoms with Crippen LogP contribution < -0.4 is 15.0 Å². The number of rotatable bonds is 3. The maximum Gasteiger partial charge on any atom is 0.173 e. The number of methoxy groups -OCH3 is 1. The van der Waals surface area contributed by atoms with Gasteiger partial charge in [-0.15, -0.1) is 0 Å². The molecule has 2 aromatic carbocycles. The van der Waals surface area contributed by atoms with E-state index in [1.807, 2.05) is 42.5 Å². The Hall–Kier alpha value is -2.86. The average molecular weight is 393 g/mol. The molecule has 0 atom stereocenters. The van der Waals surface area contributed by atoms with Gasteiger partial charge in [0.15, 0.2) is 5.11 Å². The third-order valence-corrected chi connectivity index (χ3v) is 5.49. The number of hydrogen-bond donors (Lipinski definition) is 1. The highest BCUT2D eigenvalue weighted by Crippen LogP contribution is 2.29. The molecule has 0 radical (unpaired) electrons. The van der Waals surface area contributed by atoms with Gasteiger partial charge in [0.2, 0.25) is 0 Å². The highest BCUT2D eigenvalue weighted by molar-refractivity contribution is 7.80. The topological polar surface area (TPSA) is 40.6 Å². The van der Waals surface area contributed by atoms with Gasteiger partial charge in [-0.1, -0.05) is 30.3 Å². The maximum absolute atomic E-state index is 5.59. The molecule has 2 heterocycles. The van der Waals surface area contributed by atoms with Crippen molar-refractivity contribution in [2.45, 2.75) is 6.92 Å². The van der Waals surface area contributed by atoms with E-state index in [1.54, 1.807) is 7.11 Å². The number of benzene rings is 2. The van der Waals surface area contributed by atoms with Crippen LogP contribution >= 0.6 is 12.2 Å². The molecular formula is C22H24N4OS. The Morgan fingerprint density at radius 3 is 2.50 bits per heavy atom. The van der Waals surface area contributed by atoms with Crippen molar-refractivity contribution in [3.8, 4) is 5.75 Å². The zero-order chi connectivity index (χ0) is 19.5. The fourth-order valence-corrected chi connectivity index (χ4v) is 3.86. The highest BCUT2D eigenvalue weighted by Gasteiger charge is 2.21. The van der Waals surface area contributed by atoms with Gasteiger partial charge in [0.1, 0.15) is 17.1 Å². The summed E-state index contributed by atoms with van der Waals surface area (Å²) in [6, 6.07) is 18.3. The van der Waals surface area contributed by atoms with Gasteiger partial charge in [-0.25, -0.2) is 4.98 Å². The minimum atomic E-state index is 0.773. The van der Waals surface area contributed by atoms with Crippen LogP contribution in [0.25, 0.3) is 10.9 Å². The van der Waals surface area contributed by atoms with E-state index in [4.69, 9.17) is 21.9 Å². The Morgan fingerprint density at radius 2 is 1.79 bits per heavy atom. The molecule has 0 bridgehead atoms. The molecule has 6 heteroatoms. The van der Waals surface area contributed by atoms with Crippen LogP contribution in [0.15, 0.2) is 54.6 Å². The summed E-state index contributed by atoms with van der Waals surface area (Å²) in [6.07, 6.45) is 0. The number of hydrogen-bond acceptors (Lipinski definition) is 4. The minimum absolute atomic E-state index is 0.773. The Balaban J connectivity index is 1.47. The first-order chi connectivity index (χ1) is 13.7. The molecule has 0 unspecified atom stereocenters. The van der Waals surface area contributed by atoms with Gasteiger partial charge >= 0.3 is 0 Å². The van der Waals surface area contributed by atoms with Crippen LogP contribution in [0.4, 0.5) is 11.5 Å². The van der Waals surface area contributed by atoms with Gasteiger partial charge in [-0.05, 0) is 49.0 Å². The Labute approximate surface area is 170 Å². The number of para-hydroxylation sites is 2. The molecule has 1 saturated heterocycles. The molecule has 1 aromatic heterocycles. The molecule has 0 aliphatic carbocycles. The van der Waals surface area contributed by atoms with Crippen LogP contribution in [-0.2, 0) is 0 Å². The zero-order valence-electron chi connectivity index (χ0n) is 16.2. The van der Waals surface area contributed by atoms with Gasteiger partial charge in [-0.2, -0.15) is 0 Å². The first-order valence-corrected chi connectivity index (χ1v) is 9.87. The zero-order valence-corrected chi connectivity index (χ0v) is 17.0. The summed E-state index contributed by atoms with van der Waals surface area (Å²) in [5.74, 6) is 1.81. The van der Waals surface area contributed by atoms with Crippen LogP contribution in [0, 0.1) is 6.92 Å². The quantitative estimate of drug-likeness (QED) is 0.678. The lowest BCUT2D eigenvalue weighted by Crippen LogP contribution is -2.50. The second kappa shape index (κ2) is 8.02. The fraction of sp³-hybridized carbons (Fsp3) is 0.273. The third-order valence-electron chi connectivity index (χ3n) is 5.13. The molecule has 3 aromatic rings. The largest absolute Gasteiger partial charge is 0.494 e. The van der Waals surface area contributed by atoms with Crippen LogP contribution in [-0.4, -0.2) is 48.3 Å². The summed E-state index contributed by atoms with van der Waals surface area (Å²) >= 11 is 5.59. The lowest BCUT2D eigenvalue weighted by Gasteiger charge is -2.37. The summed E-state index contributed by atoms with van der Waals surface area (Å²) in [7, 11) is 1.69. The van der Waals surface area contributed by atoms with Crippen molar-refractivity contribution in [2.75, 3.05) is 43.5 Å². The molecule has 5 nitrogen and oxygen atoms in total. The molecule has 4 rings (SSSR count). The second-order valence-electron chi connectivity index (χ2n) is 6.92. The fourth-order valence-electron chi connectivity index (χ4n) is 3.56. The van der Waals surface area contributed by atoms with E-state index >= 15 is 0 Å². The maximum atomic E-state index is 5.59. The standard InChI is InChI=1S/C22H24N4OS/c1-16-15-20(24-21-18(16)9-6-10-19(21)27-2)25-11-13-26(14-12-25)22(28)23-17-7-4-3-5-8-17/h3-10,15H,11-14H2,1-2H3,(H,23,28). The Bertz CT molecular complexity index is 984. The normalized spacial score (nSPS) is 14.2. The van der Waals surface area contributed by atoms with Crippen LogP contribution in [0.5, 0.6) is 5.75 Å². The van der Waals surface area contributed by atoms with Gasteiger partial charge < -0.3 is 19.9 Å². The van der Waals surface area contributed by atoms with Crippen molar-refractivity contribution in [3.63, 3.8) is 0 Å². The number of ether oxygens (including phenoxy) is 1. The Kier molecular flexibility index (Phi) is 5.30. The van der Waals surface area contributed by atoms with E-state index in [0.29, 0.717) is 0 Å². The number of nitrogens with one attached hydrogen (secondary N) is 1. The molecule has 28 heavy (non-hydrogen) atoms. The lowest BCUT2D eigenvalue weighted by molar-refractivity contribution is 0.389. The summed E-state index contributed by atoms with van der Waals surface area (Å²) < 4.78 is 5.52.